The van der Waals surface area contributed by atoms with Crippen LogP contribution in [0.4, 0.5) is 0 Å². The lowest BCUT2D eigenvalue weighted by atomic mass is 9.70. The van der Waals surface area contributed by atoms with Crippen LogP contribution in [-0.4, -0.2) is 24.8 Å². The fourth-order valence-corrected chi connectivity index (χ4v) is 5.31. The first-order valence-corrected chi connectivity index (χ1v) is 9.69. The van der Waals surface area contributed by atoms with Crippen LogP contribution in [0.2, 0.25) is 0 Å². The van der Waals surface area contributed by atoms with Gasteiger partial charge in [0.2, 0.25) is 0 Å². The molecule has 1 aliphatic heterocycles. The number of hydrogen-bond acceptors (Lipinski definition) is 2. The summed E-state index contributed by atoms with van der Waals surface area (Å²) in [6.45, 7) is 4.42. The van der Waals surface area contributed by atoms with Crippen LogP contribution in [0.25, 0.3) is 0 Å². The van der Waals surface area contributed by atoms with E-state index in [0.29, 0.717) is 5.60 Å². The molecule has 0 radical (unpaired) electrons. The largest absolute Gasteiger partial charge is 0.375 e. The van der Waals surface area contributed by atoms with Gasteiger partial charge in [0, 0.05) is 12.6 Å². The highest BCUT2D eigenvalue weighted by atomic mass is 16.5. The van der Waals surface area contributed by atoms with Crippen molar-refractivity contribution < 1.29 is 4.74 Å². The summed E-state index contributed by atoms with van der Waals surface area (Å²) in [6.07, 6.45) is 16.8. The molecule has 122 valence electrons. The molecule has 0 amide bonds. The quantitative estimate of drug-likeness (QED) is 0.763. The zero-order chi connectivity index (χ0) is 14.5. The van der Waals surface area contributed by atoms with Crippen molar-refractivity contribution >= 4 is 0 Å². The highest BCUT2D eigenvalue weighted by molar-refractivity contribution is 4.92. The second-order valence-corrected chi connectivity index (χ2v) is 7.88. The van der Waals surface area contributed by atoms with Crippen LogP contribution in [0.15, 0.2) is 0 Å². The third-order valence-corrected chi connectivity index (χ3v) is 6.42. The molecule has 3 atom stereocenters. The molecule has 2 nitrogen and oxygen atoms in total. The van der Waals surface area contributed by atoms with Crippen LogP contribution in [-0.2, 0) is 4.74 Å². The van der Waals surface area contributed by atoms with Gasteiger partial charge in [-0.2, -0.15) is 0 Å². The Hall–Kier alpha value is -0.0800. The molecule has 3 rings (SSSR count). The van der Waals surface area contributed by atoms with Gasteiger partial charge < -0.3 is 10.1 Å². The second kappa shape index (κ2) is 7.46. The van der Waals surface area contributed by atoms with E-state index in [9.17, 15) is 0 Å². The van der Waals surface area contributed by atoms with Crippen molar-refractivity contribution in [1.82, 2.24) is 5.32 Å². The summed E-state index contributed by atoms with van der Waals surface area (Å²) in [5, 5.41) is 3.73. The average molecular weight is 293 g/mol. The summed E-state index contributed by atoms with van der Waals surface area (Å²) in [5.74, 6) is 1.90. The van der Waals surface area contributed by atoms with Crippen LogP contribution in [0.3, 0.4) is 0 Å². The highest BCUT2D eigenvalue weighted by Crippen LogP contribution is 2.45. The van der Waals surface area contributed by atoms with Gasteiger partial charge in [-0.15, -0.1) is 0 Å². The van der Waals surface area contributed by atoms with E-state index < -0.39 is 0 Å². The lowest BCUT2D eigenvalue weighted by Gasteiger charge is -2.46. The SMILES string of the molecule is CCNC1CCCCC(C2CCOC3(CCCCC3)C2)C1. The van der Waals surface area contributed by atoms with Gasteiger partial charge in [-0.25, -0.2) is 0 Å². The monoisotopic (exact) mass is 293 g/mol. The molecule has 1 heterocycles. The smallest absolute Gasteiger partial charge is 0.0685 e. The first-order chi connectivity index (χ1) is 10.3. The molecule has 3 fully saturated rings. The maximum absolute atomic E-state index is 6.32. The Morgan fingerprint density at radius 1 is 0.952 bits per heavy atom. The topological polar surface area (TPSA) is 21.3 Å². The minimum atomic E-state index is 0.293. The van der Waals surface area contributed by atoms with Crippen LogP contribution in [0.1, 0.15) is 84.0 Å². The van der Waals surface area contributed by atoms with Gasteiger partial charge in [0.15, 0.2) is 0 Å². The maximum atomic E-state index is 6.32. The Kier molecular flexibility index (Phi) is 5.61. The molecule has 1 saturated heterocycles. The van der Waals surface area contributed by atoms with Crippen molar-refractivity contribution in [2.24, 2.45) is 11.8 Å². The van der Waals surface area contributed by atoms with Crippen molar-refractivity contribution in [3.05, 3.63) is 0 Å². The number of ether oxygens (including phenoxy) is 1. The highest BCUT2D eigenvalue weighted by Gasteiger charge is 2.41. The van der Waals surface area contributed by atoms with Crippen molar-refractivity contribution in [3.8, 4) is 0 Å². The average Bonchev–Trinajstić information content (AvgIpc) is 2.74. The molecule has 1 spiro atoms. The molecule has 3 unspecified atom stereocenters. The van der Waals surface area contributed by atoms with E-state index in [1.54, 1.807) is 0 Å². The molecule has 1 N–H and O–H groups in total. The first kappa shape index (κ1) is 15.8. The van der Waals surface area contributed by atoms with Crippen LogP contribution >= 0.6 is 0 Å². The van der Waals surface area contributed by atoms with Gasteiger partial charge in [-0.3, -0.25) is 0 Å². The zero-order valence-corrected chi connectivity index (χ0v) is 14.0. The lowest BCUT2D eigenvalue weighted by Crippen LogP contribution is -2.44. The predicted octanol–water partition coefficient (Wildman–Crippen LogP) is 4.67. The summed E-state index contributed by atoms with van der Waals surface area (Å²) in [5.41, 5.74) is 0.293. The van der Waals surface area contributed by atoms with E-state index in [1.165, 1.54) is 77.0 Å². The number of nitrogens with one attached hydrogen (secondary N) is 1. The normalized spacial score (nSPS) is 37.3. The molecule has 0 aromatic rings. The van der Waals surface area contributed by atoms with Gasteiger partial charge in [0.05, 0.1) is 5.60 Å². The lowest BCUT2D eigenvalue weighted by molar-refractivity contribution is -0.126. The zero-order valence-electron chi connectivity index (χ0n) is 14.0. The summed E-state index contributed by atoms with van der Waals surface area (Å²) >= 11 is 0. The van der Waals surface area contributed by atoms with Crippen LogP contribution in [0.5, 0.6) is 0 Å². The van der Waals surface area contributed by atoms with Gasteiger partial charge in [0.1, 0.15) is 0 Å². The number of hydrogen-bond donors (Lipinski definition) is 1. The van der Waals surface area contributed by atoms with Crippen LogP contribution in [0, 0.1) is 11.8 Å². The van der Waals surface area contributed by atoms with E-state index >= 15 is 0 Å². The van der Waals surface area contributed by atoms with Crippen molar-refractivity contribution in [2.45, 2.75) is 95.6 Å². The van der Waals surface area contributed by atoms with E-state index in [0.717, 1.165) is 31.0 Å². The summed E-state index contributed by atoms with van der Waals surface area (Å²) in [4.78, 5) is 0. The van der Waals surface area contributed by atoms with E-state index in [4.69, 9.17) is 4.74 Å². The number of rotatable bonds is 3. The molecule has 2 saturated carbocycles. The minimum Gasteiger partial charge on any atom is -0.375 e. The van der Waals surface area contributed by atoms with Crippen LogP contribution < -0.4 is 5.32 Å². The van der Waals surface area contributed by atoms with Gasteiger partial charge in [-0.05, 0) is 56.9 Å². The molecule has 2 aliphatic carbocycles. The molecule has 2 heteroatoms. The summed E-state index contributed by atoms with van der Waals surface area (Å²) in [6, 6.07) is 0.785. The molecular weight excluding hydrogens is 258 g/mol. The Morgan fingerprint density at radius 3 is 2.57 bits per heavy atom. The van der Waals surface area contributed by atoms with E-state index in [-0.39, 0.29) is 0 Å². The van der Waals surface area contributed by atoms with Crippen molar-refractivity contribution in [1.29, 1.82) is 0 Å². The maximum Gasteiger partial charge on any atom is 0.0685 e. The molecule has 0 aromatic heterocycles. The van der Waals surface area contributed by atoms with E-state index in [2.05, 4.69) is 12.2 Å². The summed E-state index contributed by atoms with van der Waals surface area (Å²) in [7, 11) is 0. The molecule has 0 bridgehead atoms. The standard InChI is InChI=1S/C19H35NO/c1-2-20-18-9-5-4-8-16(14-18)17-10-13-21-19(15-17)11-6-3-7-12-19/h16-18,20H,2-15H2,1H3. The Bertz CT molecular complexity index is 305. The Balaban J connectivity index is 1.61. The Labute approximate surface area is 131 Å². The van der Waals surface area contributed by atoms with Crippen molar-refractivity contribution in [2.75, 3.05) is 13.2 Å². The second-order valence-electron chi connectivity index (χ2n) is 7.88. The molecular formula is C19H35NO. The van der Waals surface area contributed by atoms with Crippen molar-refractivity contribution in [3.63, 3.8) is 0 Å². The van der Waals surface area contributed by atoms with E-state index in [1.807, 2.05) is 0 Å². The predicted molar refractivity (Wildman–Crippen MR) is 88.5 cm³/mol. The Morgan fingerprint density at radius 2 is 1.76 bits per heavy atom. The molecule has 0 aromatic carbocycles. The third-order valence-electron chi connectivity index (χ3n) is 6.42. The fourth-order valence-electron chi connectivity index (χ4n) is 5.31. The van der Waals surface area contributed by atoms with Gasteiger partial charge >= 0.3 is 0 Å². The molecule has 3 aliphatic rings. The first-order valence-electron chi connectivity index (χ1n) is 9.69. The summed E-state index contributed by atoms with van der Waals surface area (Å²) < 4.78 is 6.32. The van der Waals surface area contributed by atoms with Gasteiger partial charge in [-0.1, -0.05) is 45.4 Å². The van der Waals surface area contributed by atoms with Gasteiger partial charge in [0.25, 0.3) is 0 Å². The minimum absolute atomic E-state index is 0.293. The third kappa shape index (κ3) is 4.01. The fraction of sp³-hybridized carbons (Fsp3) is 1.00. The molecule has 21 heavy (non-hydrogen) atoms.